The Morgan fingerprint density at radius 3 is 2.44 bits per heavy atom. The SMILES string of the molecule is CCCC(CCC)C(NN)c1cccnc1. The third kappa shape index (κ3) is 3.58. The zero-order valence-electron chi connectivity index (χ0n) is 10.3. The topological polar surface area (TPSA) is 50.9 Å². The average molecular weight is 221 g/mol. The van der Waals surface area contributed by atoms with Gasteiger partial charge in [-0.2, -0.15) is 0 Å². The molecule has 0 radical (unpaired) electrons. The van der Waals surface area contributed by atoms with Crippen molar-refractivity contribution in [3.05, 3.63) is 30.1 Å². The van der Waals surface area contributed by atoms with Gasteiger partial charge in [-0.1, -0.05) is 32.8 Å². The Kier molecular flexibility index (Phi) is 6.04. The number of pyridine rings is 1. The molecule has 1 aromatic rings. The van der Waals surface area contributed by atoms with Crippen molar-refractivity contribution in [3.63, 3.8) is 0 Å². The van der Waals surface area contributed by atoms with Crippen LogP contribution >= 0.6 is 0 Å². The standard InChI is InChI=1S/C13H23N3/c1-3-6-11(7-4-2)13(16-14)12-8-5-9-15-10-12/h5,8-11,13,16H,3-4,6-7,14H2,1-2H3. The fraction of sp³-hybridized carbons (Fsp3) is 0.615. The van der Waals surface area contributed by atoms with Crippen molar-refractivity contribution in [3.8, 4) is 0 Å². The highest BCUT2D eigenvalue weighted by atomic mass is 15.2. The van der Waals surface area contributed by atoms with Gasteiger partial charge in [-0.25, -0.2) is 0 Å². The lowest BCUT2D eigenvalue weighted by atomic mass is 9.87. The molecule has 3 heteroatoms. The van der Waals surface area contributed by atoms with E-state index in [1.165, 1.54) is 31.2 Å². The lowest BCUT2D eigenvalue weighted by molar-refractivity contribution is 0.319. The molecular formula is C13H23N3. The summed E-state index contributed by atoms with van der Waals surface area (Å²) in [6.07, 6.45) is 8.51. The van der Waals surface area contributed by atoms with Crippen LogP contribution < -0.4 is 11.3 Å². The van der Waals surface area contributed by atoms with E-state index < -0.39 is 0 Å². The Morgan fingerprint density at radius 1 is 1.31 bits per heavy atom. The maximum atomic E-state index is 5.69. The van der Waals surface area contributed by atoms with E-state index in [2.05, 4.69) is 30.3 Å². The summed E-state index contributed by atoms with van der Waals surface area (Å²) >= 11 is 0. The molecule has 3 N–H and O–H groups in total. The molecule has 0 fully saturated rings. The summed E-state index contributed by atoms with van der Waals surface area (Å²) in [5.41, 5.74) is 4.14. The molecule has 1 rings (SSSR count). The lowest BCUT2D eigenvalue weighted by Crippen LogP contribution is -2.33. The maximum Gasteiger partial charge on any atom is 0.0503 e. The highest BCUT2D eigenvalue weighted by molar-refractivity contribution is 5.14. The van der Waals surface area contributed by atoms with Crippen molar-refractivity contribution in [2.75, 3.05) is 0 Å². The Labute approximate surface area is 98.4 Å². The number of aromatic nitrogens is 1. The number of hydrogen-bond donors (Lipinski definition) is 2. The van der Waals surface area contributed by atoms with E-state index in [1.54, 1.807) is 6.20 Å². The number of hydrogen-bond acceptors (Lipinski definition) is 3. The predicted molar refractivity (Wildman–Crippen MR) is 67.6 cm³/mol. The number of nitrogens with one attached hydrogen (secondary N) is 1. The van der Waals surface area contributed by atoms with Crippen LogP contribution in [0.25, 0.3) is 0 Å². The molecule has 0 saturated heterocycles. The monoisotopic (exact) mass is 221 g/mol. The molecule has 0 bridgehead atoms. The van der Waals surface area contributed by atoms with Crippen LogP contribution in [0.5, 0.6) is 0 Å². The highest BCUT2D eigenvalue weighted by Crippen LogP contribution is 2.28. The number of nitrogens with zero attached hydrogens (tertiary/aromatic N) is 1. The normalized spacial score (nSPS) is 13.0. The second kappa shape index (κ2) is 7.36. The molecule has 0 saturated carbocycles. The van der Waals surface area contributed by atoms with Crippen molar-refractivity contribution in [2.45, 2.75) is 45.6 Å². The van der Waals surface area contributed by atoms with Crippen LogP contribution in [0.2, 0.25) is 0 Å². The highest BCUT2D eigenvalue weighted by Gasteiger charge is 2.20. The maximum absolute atomic E-state index is 5.69. The van der Waals surface area contributed by atoms with E-state index in [0.717, 1.165) is 0 Å². The van der Waals surface area contributed by atoms with Gasteiger partial charge in [0, 0.05) is 12.4 Å². The second-order valence-corrected chi connectivity index (χ2v) is 4.27. The Morgan fingerprint density at radius 2 is 2.00 bits per heavy atom. The van der Waals surface area contributed by atoms with E-state index in [4.69, 9.17) is 5.84 Å². The first-order chi connectivity index (χ1) is 7.83. The first-order valence-electron chi connectivity index (χ1n) is 6.19. The Hall–Kier alpha value is -0.930. The van der Waals surface area contributed by atoms with Crippen LogP contribution in [0.4, 0.5) is 0 Å². The van der Waals surface area contributed by atoms with Crippen molar-refractivity contribution in [2.24, 2.45) is 11.8 Å². The van der Waals surface area contributed by atoms with Gasteiger partial charge in [0.2, 0.25) is 0 Å². The molecule has 0 aliphatic carbocycles. The van der Waals surface area contributed by atoms with Gasteiger partial charge in [0.15, 0.2) is 0 Å². The predicted octanol–water partition coefficient (Wildman–Crippen LogP) is 2.80. The molecule has 0 aromatic carbocycles. The van der Waals surface area contributed by atoms with Crippen LogP contribution in [0.15, 0.2) is 24.5 Å². The molecule has 0 aliphatic rings. The van der Waals surface area contributed by atoms with E-state index in [0.29, 0.717) is 5.92 Å². The molecule has 1 aromatic heterocycles. The molecule has 0 amide bonds. The van der Waals surface area contributed by atoms with Gasteiger partial charge in [0.05, 0.1) is 6.04 Å². The van der Waals surface area contributed by atoms with Crippen molar-refractivity contribution >= 4 is 0 Å². The van der Waals surface area contributed by atoms with E-state index in [9.17, 15) is 0 Å². The molecule has 16 heavy (non-hydrogen) atoms. The fourth-order valence-electron chi connectivity index (χ4n) is 2.28. The minimum Gasteiger partial charge on any atom is -0.271 e. The molecule has 0 spiro atoms. The van der Waals surface area contributed by atoms with Crippen molar-refractivity contribution in [1.29, 1.82) is 0 Å². The van der Waals surface area contributed by atoms with E-state index in [-0.39, 0.29) is 6.04 Å². The molecule has 0 aliphatic heterocycles. The summed E-state index contributed by atoms with van der Waals surface area (Å²) in [6, 6.07) is 4.29. The summed E-state index contributed by atoms with van der Waals surface area (Å²) in [7, 11) is 0. The van der Waals surface area contributed by atoms with Crippen LogP contribution in [0, 0.1) is 5.92 Å². The molecule has 1 atom stereocenters. The minimum atomic E-state index is 0.230. The van der Waals surface area contributed by atoms with Crippen molar-refractivity contribution < 1.29 is 0 Å². The zero-order valence-corrected chi connectivity index (χ0v) is 10.3. The van der Waals surface area contributed by atoms with Gasteiger partial charge in [0.25, 0.3) is 0 Å². The lowest BCUT2D eigenvalue weighted by Gasteiger charge is -2.26. The molecular weight excluding hydrogens is 198 g/mol. The smallest absolute Gasteiger partial charge is 0.0503 e. The van der Waals surface area contributed by atoms with Crippen LogP contribution in [0.3, 0.4) is 0 Å². The largest absolute Gasteiger partial charge is 0.271 e. The van der Waals surface area contributed by atoms with E-state index in [1.807, 2.05) is 12.3 Å². The number of nitrogens with two attached hydrogens (primary N) is 1. The average Bonchev–Trinajstić information content (AvgIpc) is 2.32. The Bertz CT molecular complexity index is 268. The molecule has 3 nitrogen and oxygen atoms in total. The second-order valence-electron chi connectivity index (χ2n) is 4.27. The summed E-state index contributed by atoms with van der Waals surface area (Å²) in [4.78, 5) is 4.16. The van der Waals surface area contributed by atoms with Gasteiger partial charge >= 0.3 is 0 Å². The zero-order chi connectivity index (χ0) is 11.8. The van der Waals surface area contributed by atoms with Gasteiger partial charge in [-0.15, -0.1) is 0 Å². The minimum absolute atomic E-state index is 0.230. The van der Waals surface area contributed by atoms with Crippen LogP contribution in [-0.2, 0) is 0 Å². The fourth-order valence-corrected chi connectivity index (χ4v) is 2.28. The molecule has 1 unspecified atom stereocenters. The summed E-state index contributed by atoms with van der Waals surface area (Å²) in [5, 5.41) is 0. The van der Waals surface area contributed by atoms with Gasteiger partial charge in [-0.05, 0) is 30.4 Å². The summed E-state index contributed by atoms with van der Waals surface area (Å²) in [6.45, 7) is 4.44. The first kappa shape index (κ1) is 13.1. The van der Waals surface area contributed by atoms with Gasteiger partial charge in [0.1, 0.15) is 0 Å². The van der Waals surface area contributed by atoms with E-state index >= 15 is 0 Å². The Balaban J connectivity index is 2.77. The molecule has 90 valence electrons. The summed E-state index contributed by atoms with van der Waals surface area (Å²) < 4.78 is 0. The quantitative estimate of drug-likeness (QED) is 0.550. The van der Waals surface area contributed by atoms with Gasteiger partial charge < -0.3 is 0 Å². The van der Waals surface area contributed by atoms with Crippen LogP contribution in [0.1, 0.15) is 51.1 Å². The number of hydrazine groups is 1. The first-order valence-corrected chi connectivity index (χ1v) is 6.19. The van der Waals surface area contributed by atoms with Crippen molar-refractivity contribution in [1.82, 2.24) is 10.4 Å². The third-order valence-corrected chi connectivity index (χ3v) is 3.01. The number of rotatable bonds is 7. The summed E-state index contributed by atoms with van der Waals surface area (Å²) in [5.74, 6) is 6.29. The van der Waals surface area contributed by atoms with Crippen LogP contribution in [-0.4, -0.2) is 4.98 Å². The third-order valence-electron chi connectivity index (χ3n) is 3.01. The molecule has 1 heterocycles. The van der Waals surface area contributed by atoms with Gasteiger partial charge in [-0.3, -0.25) is 16.3 Å².